The molecule has 0 spiro atoms. The maximum absolute atomic E-state index is 11.6. The zero-order chi connectivity index (χ0) is 15.8. The number of aryl methyl sites for hydroxylation is 1. The lowest BCUT2D eigenvalue weighted by Crippen LogP contribution is -2.33. The molecule has 0 fully saturated rings. The van der Waals surface area contributed by atoms with Crippen LogP contribution in [0, 0.1) is 5.92 Å². The number of aromatic nitrogens is 1. The van der Waals surface area contributed by atoms with Crippen LogP contribution in [-0.2, 0) is 11.2 Å². The third-order valence-corrected chi connectivity index (χ3v) is 3.24. The number of ether oxygens (including phenoxy) is 1. The number of Topliss-reactive ketones (excluding diaryl/α,β-unsaturated/α-hetero) is 1. The highest BCUT2D eigenvalue weighted by Crippen LogP contribution is 2.12. The molecule has 0 aromatic carbocycles. The van der Waals surface area contributed by atoms with E-state index in [1.165, 1.54) is 0 Å². The fraction of sp³-hybridized carbons (Fsp3) is 0.647. The SMILES string of the molecule is CC(C)NC[C@H](C)Oc1ccc(CCC(=O)C(C)C)cn1. The Balaban J connectivity index is 2.41. The van der Waals surface area contributed by atoms with E-state index in [4.69, 9.17) is 4.74 Å². The lowest BCUT2D eigenvalue weighted by molar-refractivity contribution is -0.121. The van der Waals surface area contributed by atoms with Crippen molar-refractivity contribution in [3.8, 4) is 5.88 Å². The van der Waals surface area contributed by atoms with Gasteiger partial charge in [-0.2, -0.15) is 0 Å². The largest absolute Gasteiger partial charge is 0.473 e. The van der Waals surface area contributed by atoms with Crippen LogP contribution in [0.2, 0.25) is 0 Å². The van der Waals surface area contributed by atoms with Crippen molar-refractivity contribution >= 4 is 5.78 Å². The summed E-state index contributed by atoms with van der Waals surface area (Å²) in [7, 11) is 0. The van der Waals surface area contributed by atoms with Gasteiger partial charge in [0.05, 0.1) is 0 Å². The first kappa shape index (κ1) is 17.6. The molecule has 0 radical (unpaired) electrons. The Bertz CT molecular complexity index is 427. The van der Waals surface area contributed by atoms with Gasteiger partial charge >= 0.3 is 0 Å². The second-order valence-electron chi connectivity index (χ2n) is 6.12. The van der Waals surface area contributed by atoms with E-state index in [0.29, 0.717) is 24.1 Å². The van der Waals surface area contributed by atoms with Crippen LogP contribution in [0.1, 0.15) is 46.6 Å². The van der Waals surface area contributed by atoms with Gasteiger partial charge in [-0.05, 0) is 18.9 Å². The van der Waals surface area contributed by atoms with Crippen LogP contribution >= 0.6 is 0 Å². The summed E-state index contributed by atoms with van der Waals surface area (Å²) in [6.45, 7) is 10.9. The van der Waals surface area contributed by atoms with Gasteiger partial charge in [0.15, 0.2) is 0 Å². The molecular formula is C17H28N2O2. The third-order valence-electron chi connectivity index (χ3n) is 3.24. The van der Waals surface area contributed by atoms with Crippen LogP contribution in [0.3, 0.4) is 0 Å². The molecule has 0 aliphatic heterocycles. The topological polar surface area (TPSA) is 51.2 Å². The zero-order valence-corrected chi connectivity index (χ0v) is 13.8. The summed E-state index contributed by atoms with van der Waals surface area (Å²) in [5, 5.41) is 3.33. The van der Waals surface area contributed by atoms with Gasteiger partial charge in [-0.3, -0.25) is 4.79 Å². The number of pyridine rings is 1. The van der Waals surface area contributed by atoms with E-state index < -0.39 is 0 Å². The van der Waals surface area contributed by atoms with E-state index in [9.17, 15) is 4.79 Å². The number of carbonyl (C=O) groups excluding carboxylic acids is 1. The first-order valence-corrected chi connectivity index (χ1v) is 7.76. The Kier molecular flexibility index (Phi) is 7.37. The molecule has 1 N–H and O–H groups in total. The lowest BCUT2D eigenvalue weighted by Gasteiger charge is -2.16. The van der Waals surface area contributed by atoms with Crippen molar-refractivity contribution in [3.05, 3.63) is 23.9 Å². The second kappa shape index (κ2) is 8.78. The van der Waals surface area contributed by atoms with Crippen LogP contribution in [0.25, 0.3) is 0 Å². The number of hydrogen-bond donors (Lipinski definition) is 1. The molecule has 0 saturated heterocycles. The Labute approximate surface area is 128 Å². The van der Waals surface area contributed by atoms with E-state index in [0.717, 1.165) is 18.5 Å². The first-order valence-electron chi connectivity index (χ1n) is 7.76. The van der Waals surface area contributed by atoms with Crippen LogP contribution in [-0.4, -0.2) is 29.5 Å². The quantitative estimate of drug-likeness (QED) is 0.760. The minimum absolute atomic E-state index is 0.0771. The summed E-state index contributed by atoms with van der Waals surface area (Å²) in [5.41, 5.74) is 1.07. The second-order valence-corrected chi connectivity index (χ2v) is 6.12. The molecule has 21 heavy (non-hydrogen) atoms. The number of nitrogens with zero attached hydrogens (tertiary/aromatic N) is 1. The van der Waals surface area contributed by atoms with E-state index in [-0.39, 0.29) is 12.0 Å². The molecule has 4 nitrogen and oxygen atoms in total. The van der Waals surface area contributed by atoms with Crippen LogP contribution in [0.5, 0.6) is 5.88 Å². The summed E-state index contributed by atoms with van der Waals surface area (Å²) < 4.78 is 5.74. The summed E-state index contributed by atoms with van der Waals surface area (Å²) in [4.78, 5) is 15.9. The van der Waals surface area contributed by atoms with Gasteiger partial charge in [0.1, 0.15) is 11.9 Å². The molecule has 0 unspecified atom stereocenters. The minimum atomic E-state index is 0.0771. The predicted molar refractivity (Wildman–Crippen MR) is 85.6 cm³/mol. The Morgan fingerprint density at radius 1 is 1.24 bits per heavy atom. The fourth-order valence-electron chi connectivity index (χ4n) is 1.83. The molecule has 1 heterocycles. The van der Waals surface area contributed by atoms with Crippen LogP contribution < -0.4 is 10.1 Å². The van der Waals surface area contributed by atoms with E-state index in [1.54, 1.807) is 6.20 Å². The molecule has 118 valence electrons. The Morgan fingerprint density at radius 3 is 2.48 bits per heavy atom. The zero-order valence-electron chi connectivity index (χ0n) is 13.8. The van der Waals surface area contributed by atoms with Crippen molar-refractivity contribution in [2.24, 2.45) is 5.92 Å². The number of carbonyl (C=O) groups is 1. The van der Waals surface area contributed by atoms with Gasteiger partial charge < -0.3 is 10.1 Å². The normalized spacial score (nSPS) is 12.7. The molecule has 1 aromatic rings. The predicted octanol–water partition coefficient (Wildman–Crippen LogP) is 3.00. The highest BCUT2D eigenvalue weighted by Gasteiger charge is 2.08. The van der Waals surface area contributed by atoms with Gasteiger partial charge in [-0.25, -0.2) is 4.98 Å². The number of rotatable bonds is 9. The van der Waals surface area contributed by atoms with Gasteiger partial charge in [-0.15, -0.1) is 0 Å². The Morgan fingerprint density at radius 2 is 1.95 bits per heavy atom. The highest BCUT2D eigenvalue weighted by molar-refractivity contribution is 5.80. The highest BCUT2D eigenvalue weighted by atomic mass is 16.5. The van der Waals surface area contributed by atoms with Crippen molar-refractivity contribution in [1.82, 2.24) is 10.3 Å². The molecule has 0 aliphatic carbocycles. The average molecular weight is 292 g/mol. The van der Waals surface area contributed by atoms with Crippen molar-refractivity contribution in [2.45, 2.75) is 59.6 Å². The van der Waals surface area contributed by atoms with Crippen molar-refractivity contribution in [2.75, 3.05) is 6.54 Å². The summed E-state index contributed by atoms with van der Waals surface area (Å²) in [6.07, 6.45) is 3.20. The average Bonchev–Trinajstić information content (AvgIpc) is 2.44. The standard InChI is InChI=1S/C17H28N2O2/c1-12(2)16(20)8-6-15-7-9-17(19-11-15)21-14(5)10-18-13(3)4/h7,9,11-14,18H,6,8,10H2,1-5H3/t14-/m0/s1. The minimum Gasteiger partial charge on any atom is -0.473 e. The molecule has 0 aliphatic rings. The summed E-state index contributed by atoms with van der Waals surface area (Å²) in [6, 6.07) is 4.31. The maximum Gasteiger partial charge on any atom is 0.213 e. The summed E-state index contributed by atoms with van der Waals surface area (Å²) >= 11 is 0. The molecule has 1 rings (SSSR count). The van der Waals surface area contributed by atoms with E-state index in [1.807, 2.05) is 32.9 Å². The molecule has 1 aromatic heterocycles. The third kappa shape index (κ3) is 7.23. The van der Waals surface area contributed by atoms with Crippen molar-refractivity contribution in [1.29, 1.82) is 0 Å². The van der Waals surface area contributed by atoms with Gasteiger partial charge in [0.2, 0.25) is 5.88 Å². The van der Waals surface area contributed by atoms with Crippen LogP contribution in [0.4, 0.5) is 0 Å². The number of ketones is 1. The Hall–Kier alpha value is -1.42. The van der Waals surface area contributed by atoms with Gasteiger partial charge in [0.25, 0.3) is 0 Å². The number of nitrogens with one attached hydrogen (secondary N) is 1. The first-order chi connectivity index (χ1) is 9.88. The smallest absolute Gasteiger partial charge is 0.213 e. The van der Waals surface area contributed by atoms with Gasteiger partial charge in [0, 0.05) is 37.2 Å². The molecule has 0 saturated carbocycles. The van der Waals surface area contributed by atoms with Gasteiger partial charge in [-0.1, -0.05) is 33.8 Å². The van der Waals surface area contributed by atoms with E-state index in [2.05, 4.69) is 24.1 Å². The van der Waals surface area contributed by atoms with Crippen molar-refractivity contribution < 1.29 is 9.53 Å². The molecule has 0 amide bonds. The van der Waals surface area contributed by atoms with E-state index >= 15 is 0 Å². The van der Waals surface area contributed by atoms with Crippen LogP contribution in [0.15, 0.2) is 18.3 Å². The molecule has 1 atom stereocenters. The lowest BCUT2D eigenvalue weighted by atomic mass is 10.0. The fourth-order valence-corrected chi connectivity index (χ4v) is 1.83. The molecular weight excluding hydrogens is 264 g/mol. The molecule has 0 bridgehead atoms. The number of hydrogen-bond acceptors (Lipinski definition) is 4. The monoisotopic (exact) mass is 292 g/mol. The maximum atomic E-state index is 11.6. The molecule has 4 heteroatoms. The van der Waals surface area contributed by atoms with Crippen molar-refractivity contribution in [3.63, 3.8) is 0 Å². The summed E-state index contributed by atoms with van der Waals surface area (Å²) in [5.74, 6) is 1.03.